The van der Waals surface area contributed by atoms with E-state index in [1.54, 1.807) is 0 Å². The SMILES string of the molecule is C[SiH](O[SiH](C)O[SiH](C)O[SiH](C)O[Si](C)(C)O[Si](C)(C)O[Si](C)(C)O[Si](C)(C)O[Si](C)(C)O[Si](C)(C)O[Si](C)(C)O[Si](C)(C)O[Si](C)(C)O[Si](C)(C)O[Si](C)(C)O[Si](C)(C)O[Si](C)(C)CCC1CCC2OC2C1)O[SiH](C)O[SiH](C)O[Si](C)(C)CCC1CCC2OC2C1. The molecule has 4 aliphatic rings. The summed E-state index contributed by atoms with van der Waals surface area (Å²) in [6.07, 6.45) is 12.0. The van der Waals surface area contributed by atoms with Gasteiger partial charge in [-0.05, 0) is 285 Å². The van der Waals surface area contributed by atoms with E-state index in [0.29, 0.717) is 24.4 Å². The molecule has 91 heavy (non-hydrogen) atoms. The summed E-state index contributed by atoms with van der Waals surface area (Å²) in [5, 5.41) is 0. The number of ether oxygens (including phenoxy) is 2. The van der Waals surface area contributed by atoms with Crippen LogP contribution in [0, 0.1) is 11.8 Å². The molecule has 2 aliphatic heterocycles. The van der Waals surface area contributed by atoms with Crippen LogP contribution in [-0.4, -0.2) is 199 Å². The molecule has 2 saturated heterocycles. The van der Waals surface area contributed by atoms with Crippen LogP contribution in [0.15, 0.2) is 0 Å². The van der Waals surface area contributed by atoms with Gasteiger partial charge in [-0.1, -0.05) is 12.8 Å². The molecular weight excluding hydrogens is 1500 g/mol. The van der Waals surface area contributed by atoms with Gasteiger partial charge in [-0.2, -0.15) is 0 Å². The van der Waals surface area contributed by atoms with E-state index >= 15 is 0 Å². The van der Waals surface area contributed by atoms with Gasteiger partial charge in [0.2, 0.25) is 0 Å². The second-order valence-electron chi connectivity index (χ2n) is 32.7. The minimum atomic E-state index is -2.85. The third-order valence-corrected chi connectivity index (χ3v) is 88.5. The van der Waals surface area contributed by atoms with Crippen LogP contribution in [0.1, 0.15) is 51.4 Å². The van der Waals surface area contributed by atoms with Crippen LogP contribution >= 0.6 is 0 Å². The van der Waals surface area contributed by atoms with E-state index in [2.05, 4.69) is 203 Å². The number of hydrogen-bond acceptors (Lipinski definition) is 21. The van der Waals surface area contributed by atoms with Gasteiger partial charge in [0.25, 0.3) is 55.7 Å². The average molecular weight is 1630 g/mol. The first-order valence-corrected chi connectivity index (χ1v) is 86.6. The van der Waals surface area contributed by atoms with E-state index in [1.165, 1.54) is 57.4 Å². The highest BCUT2D eigenvalue weighted by Crippen LogP contribution is 2.43. The van der Waals surface area contributed by atoms with Crippen LogP contribution in [0.25, 0.3) is 0 Å². The second kappa shape index (κ2) is 33.5. The largest absolute Gasteiger partial charge is 0.439 e. The van der Waals surface area contributed by atoms with Crippen LogP contribution < -0.4 is 0 Å². The molecule has 0 N–H and O–H groups in total. The minimum absolute atomic E-state index is 0.511. The first-order valence-electron chi connectivity index (χ1n) is 34.0. The Morgan fingerprint density at radius 3 is 0.736 bits per heavy atom. The van der Waals surface area contributed by atoms with Gasteiger partial charge in [0.15, 0.2) is 16.6 Å². The summed E-state index contributed by atoms with van der Waals surface area (Å²) in [4.78, 5) is 0. The van der Waals surface area contributed by atoms with Crippen molar-refractivity contribution in [2.45, 2.75) is 310 Å². The van der Waals surface area contributed by atoms with E-state index in [-0.39, 0.29) is 0 Å². The third kappa shape index (κ3) is 36.0. The third-order valence-electron chi connectivity index (χ3n) is 15.3. The molecule has 2 saturated carbocycles. The summed E-state index contributed by atoms with van der Waals surface area (Å²) in [5.41, 5.74) is 0. The van der Waals surface area contributed by atoms with Crippen molar-refractivity contribution in [3.05, 3.63) is 0 Å². The van der Waals surface area contributed by atoms with Gasteiger partial charge >= 0.3 is 103 Å². The predicted molar refractivity (Wildman–Crippen MR) is 414 cm³/mol. The van der Waals surface area contributed by atoms with Crippen LogP contribution in [0.5, 0.6) is 0 Å². The maximum absolute atomic E-state index is 6.98. The second-order valence-corrected chi connectivity index (χ2v) is 98.3. The monoisotopic (exact) mass is 1630 g/mol. The predicted octanol–water partition coefficient (Wildman–Crippen LogP) is 13.2. The molecule has 12 unspecified atom stereocenters. The zero-order chi connectivity index (χ0) is 69.8. The Morgan fingerprint density at radius 1 is 0.253 bits per heavy atom. The standard InChI is InChI=1S/C50H134O21Si20/c1-72(54-74(3)56-76(5)58-78(7,8)41-39-45-35-37-47-49(43-45)51-47)53-73(2)55-75(4)57-77(6)59-80(11,12)61-82(15,16)63-84(19,20)65-86(23,24)67-88(27,28)69-90(31,32)71-91(33,34)70-89(29,30)68-87(25,26)66-85(21,22)64-83(17,18)62-81(13,14)60-79(9,10)42-40-46-36-38-48-50(44-46)52-48/h45-50,72-77H,35-44H2,1-34H3. The van der Waals surface area contributed by atoms with Crippen LogP contribution in [0.3, 0.4) is 0 Å². The first-order chi connectivity index (χ1) is 40.6. The van der Waals surface area contributed by atoms with Gasteiger partial charge in [0.1, 0.15) is 0 Å². The summed E-state index contributed by atoms with van der Waals surface area (Å²) in [6.45, 7) is 71.8. The Hall–Kier alpha value is 3.50. The molecule has 540 valence electrons. The molecule has 4 rings (SSSR count). The Labute approximate surface area is 580 Å². The summed E-state index contributed by atoms with van der Waals surface area (Å²) in [7, 11) is -49.0. The fourth-order valence-electron chi connectivity index (χ4n) is 14.5. The van der Waals surface area contributed by atoms with Crippen molar-refractivity contribution in [1.29, 1.82) is 0 Å². The molecule has 2 aliphatic carbocycles. The number of hydrogen-bond donors (Lipinski definition) is 0. The molecule has 4 fully saturated rings. The van der Waals surface area contributed by atoms with Crippen molar-refractivity contribution in [3.63, 3.8) is 0 Å². The van der Waals surface area contributed by atoms with E-state index in [4.69, 9.17) is 87.7 Å². The van der Waals surface area contributed by atoms with Crippen molar-refractivity contribution in [3.8, 4) is 0 Å². The smallest absolute Gasteiger partial charge is 0.314 e. The zero-order valence-corrected chi connectivity index (χ0v) is 84.5. The highest BCUT2D eigenvalue weighted by atomic mass is 28.5. The lowest BCUT2D eigenvalue weighted by molar-refractivity contribution is 0.251. The van der Waals surface area contributed by atoms with Crippen molar-refractivity contribution in [2.24, 2.45) is 11.8 Å². The van der Waals surface area contributed by atoms with Crippen molar-refractivity contribution >= 4 is 175 Å². The Balaban J connectivity index is 1.18. The molecule has 0 aromatic rings. The average Bonchev–Trinajstić information content (AvgIpc) is 1.56. The molecule has 2 heterocycles. The summed E-state index contributed by atoms with van der Waals surface area (Å²) in [5.74, 6) is 1.52. The lowest BCUT2D eigenvalue weighted by Crippen LogP contribution is -2.63. The van der Waals surface area contributed by atoms with E-state index in [0.717, 1.165) is 17.9 Å². The van der Waals surface area contributed by atoms with Crippen LogP contribution in [0.4, 0.5) is 0 Å². The summed E-state index contributed by atoms with van der Waals surface area (Å²) < 4.78 is 140. The van der Waals surface area contributed by atoms with E-state index < -0.39 is 175 Å². The highest BCUT2D eigenvalue weighted by molar-refractivity contribution is 6.94. The van der Waals surface area contributed by atoms with Crippen molar-refractivity contribution in [2.75, 3.05) is 0 Å². The van der Waals surface area contributed by atoms with Crippen LogP contribution in [-0.2, 0) is 87.7 Å². The summed E-state index contributed by atoms with van der Waals surface area (Å²) >= 11 is 0. The van der Waals surface area contributed by atoms with Gasteiger partial charge in [0.05, 0.1) is 24.4 Å². The van der Waals surface area contributed by atoms with Gasteiger partial charge in [0, 0.05) is 0 Å². The fraction of sp³-hybridized carbons (Fsp3) is 1.00. The molecule has 0 amide bonds. The van der Waals surface area contributed by atoms with Crippen LogP contribution in [0.2, 0.25) is 235 Å². The lowest BCUT2D eigenvalue weighted by atomic mass is 9.88. The maximum Gasteiger partial charge on any atom is 0.314 e. The molecule has 41 heteroatoms. The van der Waals surface area contributed by atoms with Gasteiger partial charge in [-0.3, -0.25) is 0 Å². The number of fused-ring (bicyclic) bond motifs is 2. The van der Waals surface area contributed by atoms with Gasteiger partial charge in [-0.25, -0.2) is 0 Å². The Kier molecular flexibility index (Phi) is 32.0. The van der Waals surface area contributed by atoms with E-state index in [9.17, 15) is 0 Å². The molecule has 0 aromatic heterocycles. The molecular formula is C50H134O21Si20. The van der Waals surface area contributed by atoms with Gasteiger partial charge in [-0.15, -0.1) is 0 Å². The first kappa shape index (κ1) is 86.9. The van der Waals surface area contributed by atoms with Crippen molar-refractivity contribution in [1.82, 2.24) is 0 Å². The molecule has 0 spiro atoms. The highest BCUT2D eigenvalue weighted by Gasteiger charge is 2.53. The maximum atomic E-state index is 6.98. The molecule has 0 bridgehead atoms. The topological polar surface area (TPSA) is 200 Å². The Bertz CT molecular complexity index is 2260. The Morgan fingerprint density at radius 2 is 0.473 bits per heavy atom. The molecule has 0 aromatic carbocycles. The minimum Gasteiger partial charge on any atom is -0.439 e. The molecule has 21 nitrogen and oxygen atoms in total. The number of epoxide rings is 2. The zero-order valence-electron chi connectivity index (χ0n) is 63.6. The summed E-state index contributed by atoms with van der Waals surface area (Å²) in [6, 6.07) is 2.30. The lowest BCUT2D eigenvalue weighted by Gasteiger charge is -2.45. The van der Waals surface area contributed by atoms with Crippen molar-refractivity contribution < 1.29 is 87.7 Å². The fourth-order valence-corrected chi connectivity index (χ4v) is 104. The normalized spacial score (nSPS) is 24.3. The number of rotatable bonds is 44. The van der Waals surface area contributed by atoms with Gasteiger partial charge < -0.3 is 87.7 Å². The molecule has 12 atom stereocenters. The molecule has 0 radical (unpaired) electrons. The quantitative estimate of drug-likeness (QED) is 0.0411. The van der Waals surface area contributed by atoms with E-state index in [1.807, 2.05) is 19.6 Å².